The summed E-state index contributed by atoms with van der Waals surface area (Å²) in [6, 6.07) is 19.2. The SMILES string of the molecule is COc1ccc(-n2nc(C(C)(C)C)cc2NC(=O)CN(C(=O)CCc2ccccc2)C(C)C)cc1. The lowest BCUT2D eigenvalue weighted by Gasteiger charge is -2.26. The van der Waals surface area contributed by atoms with Crippen molar-refractivity contribution in [1.29, 1.82) is 0 Å². The predicted molar refractivity (Wildman–Crippen MR) is 139 cm³/mol. The molecule has 35 heavy (non-hydrogen) atoms. The van der Waals surface area contributed by atoms with Gasteiger partial charge in [-0.2, -0.15) is 5.10 Å². The fourth-order valence-corrected chi connectivity index (χ4v) is 3.69. The lowest BCUT2D eigenvalue weighted by atomic mass is 9.92. The molecule has 0 saturated heterocycles. The van der Waals surface area contributed by atoms with Gasteiger partial charge in [-0.1, -0.05) is 51.1 Å². The summed E-state index contributed by atoms with van der Waals surface area (Å²) in [5, 5.41) is 7.73. The molecular weight excluding hydrogens is 440 g/mol. The molecule has 0 bridgehead atoms. The van der Waals surface area contributed by atoms with Crippen LogP contribution in [-0.2, 0) is 21.4 Å². The maximum Gasteiger partial charge on any atom is 0.245 e. The first-order valence-electron chi connectivity index (χ1n) is 12.0. The van der Waals surface area contributed by atoms with Crippen LogP contribution in [0.1, 0.15) is 52.3 Å². The van der Waals surface area contributed by atoms with E-state index in [2.05, 4.69) is 26.1 Å². The highest BCUT2D eigenvalue weighted by atomic mass is 16.5. The highest BCUT2D eigenvalue weighted by Crippen LogP contribution is 2.27. The first kappa shape index (κ1) is 26.0. The number of aryl methyl sites for hydroxylation is 1. The molecule has 0 atom stereocenters. The summed E-state index contributed by atoms with van der Waals surface area (Å²) in [6.07, 6.45) is 0.997. The summed E-state index contributed by atoms with van der Waals surface area (Å²) in [5.41, 5.74) is 2.56. The van der Waals surface area contributed by atoms with Crippen molar-refractivity contribution in [3.8, 4) is 11.4 Å². The normalized spacial score (nSPS) is 11.4. The van der Waals surface area contributed by atoms with Crippen LogP contribution < -0.4 is 10.1 Å². The van der Waals surface area contributed by atoms with Crippen molar-refractivity contribution >= 4 is 17.6 Å². The molecule has 1 N–H and O–H groups in total. The highest BCUT2D eigenvalue weighted by molar-refractivity contribution is 5.94. The van der Waals surface area contributed by atoms with Crippen LogP contribution >= 0.6 is 0 Å². The van der Waals surface area contributed by atoms with Gasteiger partial charge in [-0.05, 0) is 50.1 Å². The van der Waals surface area contributed by atoms with E-state index in [0.29, 0.717) is 18.7 Å². The van der Waals surface area contributed by atoms with Crippen LogP contribution in [0.15, 0.2) is 60.7 Å². The van der Waals surface area contributed by atoms with Gasteiger partial charge in [-0.15, -0.1) is 0 Å². The van der Waals surface area contributed by atoms with E-state index in [1.807, 2.05) is 74.5 Å². The number of carbonyl (C=O) groups is 2. The summed E-state index contributed by atoms with van der Waals surface area (Å²) in [5.74, 6) is 0.995. The van der Waals surface area contributed by atoms with Crippen LogP contribution in [0.5, 0.6) is 5.75 Å². The Bertz CT molecular complexity index is 1130. The van der Waals surface area contributed by atoms with Gasteiger partial charge in [-0.25, -0.2) is 4.68 Å². The number of ether oxygens (including phenoxy) is 1. The minimum atomic E-state index is -0.262. The van der Waals surface area contributed by atoms with Gasteiger partial charge < -0.3 is 15.0 Å². The predicted octanol–water partition coefficient (Wildman–Crippen LogP) is 4.99. The second-order valence-corrected chi connectivity index (χ2v) is 9.92. The number of hydrogen-bond acceptors (Lipinski definition) is 4. The molecule has 7 nitrogen and oxygen atoms in total. The Morgan fingerprint density at radius 3 is 2.29 bits per heavy atom. The molecule has 1 aromatic heterocycles. The molecule has 0 fully saturated rings. The van der Waals surface area contributed by atoms with Crippen molar-refractivity contribution in [3.63, 3.8) is 0 Å². The fraction of sp³-hybridized carbons (Fsp3) is 0.393. The Balaban J connectivity index is 1.76. The minimum absolute atomic E-state index is 0.0239. The lowest BCUT2D eigenvalue weighted by molar-refractivity contribution is -0.136. The maximum absolute atomic E-state index is 13.1. The van der Waals surface area contributed by atoms with E-state index in [-0.39, 0.29) is 29.8 Å². The summed E-state index contributed by atoms with van der Waals surface area (Å²) in [6.45, 7) is 10.0. The van der Waals surface area contributed by atoms with Gasteiger partial charge in [0.25, 0.3) is 0 Å². The van der Waals surface area contributed by atoms with E-state index in [9.17, 15) is 9.59 Å². The zero-order valence-electron chi connectivity index (χ0n) is 21.5. The monoisotopic (exact) mass is 476 g/mol. The summed E-state index contributed by atoms with van der Waals surface area (Å²) >= 11 is 0. The molecule has 0 radical (unpaired) electrons. The van der Waals surface area contributed by atoms with E-state index in [0.717, 1.165) is 22.7 Å². The molecule has 0 aliphatic rings. The molecule has 3 rings (SSSR count). The number of methoxy groups -OCH3 is 1. The molecule has 2 aromatic carbocycles. The Hall–Kier alpha value is -3.61. The number of aromatic nitrogens is 2. The number of anilines is 1. The Labute approximate surface area is 208 Å². The van der Waals surface area contributed by atoms with Gasteiger partial charge >= 0.3 is 0 Å². The third-order valence-electron chi connectivity index (χ3n) is 5.79. The quantitative estimate of drug-likeness (QED) is 0.472. The standard InChI is InChI=1S/C28H36N4O3/c1-20(2)31(27(34)17-12-21-10-8-7-9-11-21)19-26(33)29-25-18-24(28(3,4)5)30-32(25)22-13-15-23(35-6)16-14-22/h7-11,13-16,18,20H,12,17,19H2,1-6H3,(H,29,33). The summed E-state index contributed by atoms with van der Waals surface area (Å²) < 4.78 is 6.98. The average molecular weight is 477 g/mol. The van der Waals surface area contributed by atoms with Crippen LogP contribution in [0.4, 0.5) is 5.82 Å². The number of amides is 2. The van der Waals surface area contributed by atoms with Crippen LogP contribution in [-0.4, -0.2) is 46.2 Å². The second-order valence-electron chi connectivity index (χ2n) is 9.92. The lowest BCUT2D eigenvalue weighted by Crippen LogP contribution is -2.42. The second kappa shape index (κ2) is 11.2. The van der Waals surface area contributed by atoms with E-state index >= 15 is 0 Å². The maximum atomic E-state index is 13.1. The average Bonchev–Trinajstić information content (AvgIpc) is 3.25. The highest BCUT2D eigenvalue weighted by Gasteiger charge is 2.24. The largest absolute Gasteiger partial charge is 0.497 e. The van der Waals surface area contributed by atoms with E-state index in [1.165, 1.54) is 0 Å². The molecule has 1 heterocycles. The third-order valence-corrected chi connectivity index (χ3v) is 5.79. The first-order valence-corrected chi connectivity index (χ1v) is 12.0. The molecule has 0 spiro atoms. The van der Waals surface area contributed by atoms with Gasteiger partial charge in [0.15, 0.2) is 0 Å². The van der Waals surface area contributed by atoms with Crippen LogP contribution in [0.3, 0.4) is 0 Å². The van der Waals surface area contributed by atoms with Gasteiger partial charge in [0.2, 0.25) is 11.8 Å². The number of nitrogens with zero attached hydrogens (tertiary/aromatic N) is 3. The first-order chi connectivity index (χ1) is 16.6. The summed E-state index contributed by atoms with van der Waals surface area (Å²) in [4.78, 5) is 27.7. The fourth-order valence-electron chi connectivity index (χ4n) is 3.69. The van der Waals surface area contributed by atoms with Gasteiger partial charge in [-0.3, -0.25) is 9.59 Å². The summed E-state index contributed by atoms with van der Waals surface area (Å²) in [7, 11) is 1.62. The van der Waals surface area contributed by atoms with Crippen LogP contribution in [0, 0.1) is 0 Å². The van der Waals surface area contributed by atoms with Crippen molar-refractivity contribution in [2.24, 2.45) is 0 Å². The van der Waals surface area contributed by atoms with Crippen molar-refractivity contribution in [2.45, 2.75) is 58.9 Å². The van der Waals surface area contributed by atoms with Gasteiger partial charge in [0.1, 0.15) is 18.1 Å². The van der Waals surface area contributed by atoms with Gasteiger partial charge in [0, 0.05) is 23.9 Å². The number of nitrogens with one attached hydrogen (secondary N) is 1. The molecule has 0 unspecified atom stereocenters. The Morgan fingerprint density at radius 1 is 1.06 bits per heavy atom. The zero-order valence-corrected chi connectivity index (χ0v) is 21.5. The smallest absolute Gasteiger partial charge is 0.245 e. The Morgan fingerprint density at radius 2 is 1.71 bits per heavy atom. The molecular formula is C28H36N4O3. The number of carbonyl (C=O) groups excluding carboxylic acids is 2. The van der Waals surface area contributed by atoms with Crippen molar-refractivity contribution in [2.75, 3.05) is 19.0 Å². The van der Waals surface area contributed by atoms with Crippen molar-refractivity contribution in [3.05, 3.63) is 71.9 Å². The van der Waals surface area contributed by atoms with Gasteiger partial charge in [0.05, 0.1) is 18.5 Å². The molecule has 3 aromatic rings. The van der Waals surface area contributed by atoms with Crippen LogP contribution in [0.2, 0.25) is 0 Å². The molecule has 2 amide bonds. The number of hydrogen-bond donors (Lipinski definition) is 1. The van der Waals surface area contributed by atoms with E-state index in [4.69, 9.17) is 9.84 Å². The third kappa shape index (κ3) is 6.94. The number of rotatable bonds is 9. The van der Waals surface area contributed by atoms with E-state index in [1.54, 1.807) is 16.7 Å². The van der Waals surface area contributed by atoms with Crippen LogP contribution in [0.25, 0.3) is 5.69 Å². The minimum Gasteiger partial charge on any atom is -0.497 e. The molecule has 7 heteroatoms. The molecule has 0 saturated carbocycles. The number of benzene rings is 2. The molecule has 186 valence electrons. The van der Waals surface area contributed by atoms with Crippen molar-refractivity contribution < 1.29 is 14.3 Å². The molecule has 0 aliphatic carbocycles. The van der Waals surface area contributed by atoms with Crippen molar-refractivity contribution in [1.82, 2.24) is 14.7 Å². The topological polar surface area (TPSA) is 76.5 Å². The van der Waals surface area contributed by atoms with E-state index < -0.39 is 0 Å². The molecule has 0 aliphatic heterocycles. The zero-order chi connectivity index (χ0) is 25.6. The Kier molecular flexibility index (Phi) is 8.33.